The first-order chi connectivity index (χ1) is 12.1. The second-order valence-corrected chi connectivity index (χ2v) is 6.31. The molecule has 4 heteroatoms. The van der Waals surface area contributed by atoms with E-state index in [0.29, 0.717) is 11.1 Å². The van der Waals surface area contributed by atoms with Crippen molar-refractivity contribution in [2.24, 2.45) is 0 Å². The molecule has 0 fully saturated rings. The summed E-state index contributed by atoms with van der Waals surface area (Å²) in [6.07, 6.45) is 0. The van der Waals surface area contributed by atoms with E-state index in [1.54, 1.807) is 0 Å². The van der Waals surface area contributed by atoms with Crippen molar-refractivity contribution >= 4 is 10.9 Å². The summed E-state index contributed by atoms with van der Waals surface area (Å²) in [6, 6.07) is 15.2. The molecule has 0 spiro atoms. The Morgan fingerprint density at radius 2 is 1.72 bits per heavy atom. The number of pyridine rings is 1. The van der Waals surface area contributed by atoms with Crippen molar-refractivity contribution in [3.8, 4) is 11.5 Å². The molecular formula is C21H25N2O2+. The number of benzene rings is 2. The van der Waals surface area contributed by atoms with Gasteiger partial charge in [0.25, 0.3) is 0 Å². The van der Waals surface area contributed by atoms with E-state index in [2.05, 4.69) is 18.8 Å². The zero-order chi connectivity index (χ0) is 17.8. The van der Waals surface area contributed by atoms with Crippen LogP contribution < -0.4 is 15.1 Å². The maximum Gasteiger partial charge on any atom is 0.198 e. The number of rotatable bonds is 6. The van der Waals surface area contributed by atoms with Crippen LogP contribution in [-0.2, 0) is 6.54 Å². The molecule has 2 N–H and O–H groups in total. The Labute approximate surface area is 148 Å². The SMILES string of the molecule is CC[NH+](CC)Cc1c(C)[nH]c2ccc(Oc3ccccc3)cc2c1=O. The second kappa shape index (κ2) is 7.53. The van der Waals surface area contributed by atoms with Gasteiger partial charge in [-0.15, -0.1) is 0 Å². The molecule has 0 saturated carbocycles. The number of aromatic amines is 1. The van der Waals surface area contributed by atoms with Gasteiger partial charge in [-0.05, 0) is 51.1 Å². The fourth-order valence-electron chi connectivity index (χ4n) is 3.08. The lowest BCUT2D eigenvalue weighted by Gasteiger charge is -2.17. The minimum absolute atomic E-state index is 0.101. The van der Waals surface area contributed by atoms with Crippen molar-refractivity contribution in [3.05, 3.63) is 70.0 Å². The van der Waals surface area contributed by atoms with Gasteiger partial charge in [0.05, 0.1) is 18.7 Å². The zero-order valence-electron chi connectivity index (χ0n) is 15.1. The summed E-state index contributed by atoms with van der Waals surface area (Å²) < 4.78 is 5.88. The van der Waals surface area contributed by atoms with Crippen LogP contribution in [0.2, 0.25) is 0 Å². The molecule has 4 nitrogen and oxygen atoms in total. The van der Waals surface area contributed by atoms with E-state index >= 15 is 0 Å². The Kier molecular flexibility index (Phi) is 5.19. The Balaban J connectivity index is 2.01. The zero-order valence-corrected chi connectivity index (χ0v) is 15.1. The summed E-state index contributed by atoms with van der Waals surface area (Å²) in [5.41, 5.74) is 2.77. The number of hydrogen-bond acceptors (Lipinski definition) is 2. The van der Waals surface area contributed by atoms with Crippen molar-refractivity contribution in [3.63, 3.8) is 0 Å². The number of hydrogen-bond donors (Lipinski definition) is 2. The Morgan fingerprint density at radius 1 is 1.00 bits per heavy atom. The van der Waals surface area contributed by atoms with Crippen LogP contribution in [0.3, 0.4) is 0 Å². The van der Waals surface area contributed by atoms with Gasteiger partial charge >= 0.3 is 0 Å². The number of quaternary nitrogens is 1. The Hall–Kier alpha value is -2.59. The summed E-state index contributed by atoms with van der Waals surface area (Å²) in [5, 5.41) is 0.681. The number of ether oxygens (including phenoxy) is 1. The third-order valence-electron chi connectivity index (χ3n) is 4.69. The molecule has 1 heterocycles. The van der Waals surface area contributed by atoms with Gasteiger partial charge in [-0.25, -0.2) is 0 Å². The smallest absolute Gasteiger partial charge is 0.198 e. The predicted octanol–water partition coefficient (Wildman–Crippen LogP) is 3.05. The Morgan fingerprint density at radius 3 is 2.40 bits per heavy atom. The van der Waals surface area contributed by atoms with E-state index < -0.39 is 0 Å². The highest BCUT2D eigenvalue weighted by molar-refractivity contribution is 5.81. The van der Waals surface area contributed by atoms with Gasteiger partial charge in [0.1, 0.15) is 18.0 Å². The van der Waals surface area contributed by atoms with E-state index in [1.165, 1.54) is 4.90 Å². The average Bonchev–Trinajstić information content (AvgIpc) is 2.63. The van der Waals surface area contributed by atoms with E-state index in [0.717, 1.165) is 42.2 Å². The van der Waals surface area contributed by atoms with Crippen LogP contribution in [0.4, 0.5) is 0 Å². The molecule has 130 valence electrons. The first-order valence-electron chi connectivity index (χ1n) is 8.84. The summed E-state index contributed by atoms with van der Waals surface area (Å²) in [5.74, 6) is 1.44. The number of aromatic nitrogens is 1. The van der Waals surface area contributed by atoms with E-state index in [1.807, 2.05) is 55.5 Å². The lowest BCUT2D eigenvalue weighted by molar-refractivity contribution is -0.910. The molecule has 0 aliphatic carbocycles. The molecule has 0 bridgehead atoms. The standard InChI is InChI=1S/C21H24N2O2/c1-4-23(5-2)14-19-15(3)22-20-12-11-17(13-18(20)21(19)24)25-16-9-7-6-8-10-16/h6-13H,4-5,14H2,1-3H3,(H,22,24)/p+1. The van der Waals surface area contributed by atoms with Crippen LogP contribution in [0, 0.1) is 6.92 Å². The highest BCUT2D eigenvalue weighted by Gasteiger charge is 2.15. The van der Waals surface area contributed by atoms with Crippen molar-refractivity contribution in [2.45, 2.75) is 27.3 Å². The molecule has 0 aliphatic heterocycles. The fraction of sp³-hybridized carbons (Fsp3) is 0.286. The molecule has 0 unspecified atom stereocenters. The summed E-state index contributed by atoms with van der Waals surface area (Å²) in [7, 11) is 0. The first kappa shape index (κ1) is 17.2. The van der Waals surface area contributed by atoms with E-state index in [-0.39, 0.29) is 5.43 Å². The molecule has 1 aromatic heterocycles. The van der Waals surface area contributed by atoms with Gasteiger partial charge in [0.15, 0.2) is 5.43 Å². The van der Waals surface area contributed by atoms with E-state index in [4.69, 9.17) is 4.74 Å². The highest BCUT2D eigenvalue weighted by atomic mass is 16.5. The number of H-pyrrole nitrogens is 1. The molecular weight excluding hydrogens is 312 g/mol. The van der Waals surface area contributed by atoms with Gasteiger partial charge in [-0.3, -0.25) is 4.79 Å². The molecule has 3 rings (SSSR count). The largest absolute Gasteiger partial charge is 0.457 e. The van der Waals surface area contributed by atoms with Gasteiger partial charge < -0.3 is 14.6 Å². The normalized spacial score (nSPS) is 11.2. The number of aryl methyl sites for hydroxylation is 1. The minimum Gasteiger partial charge on any atom is -0.457 e. The van der Waals surface area contributed by atoms with Crippen LogP contribution in [-0.4, -0.2) is 18.1 Å². The molecule has 0 atom stereocenters. The fourth-order valence-corrected chi connectivity index (χ4v) is 3.08. The molecule has 25 heavy (non-hydrogen) atoms. The Bertz CT molecular complexity index is 912. The topological polar surface area (TPSA) is 46.5 Å². The van der Waals surface area contributed by atoms with Gasteiger partial charge in [-0.1, -0.05) is 18.2 Å². The van der Waals surface area contributed by atoms with Gasteiger partial charge in [-0.2, -0.15) is 0 Å². The maximum atomic E-state index is 13.0. The molecule has 0 aliphatic rings. The molecule has 0 saturated heterocycles. The quantitative estimate of drug-likeness (QED) is 0.726. The number of fused-ring (bicyclic) bond motifs is 1. The summed E-state index contributed by atoms with van der Waals surface area (Å²) in [4.78, 5) is 17.8. The van der Waals surface area contributed by atoms with Crippen LogP contribution in [0.15, 0.2) is 53.3 Å². The molecule has 0 amide bonds. The first-order valence-corrected chi connectivity index (χ1v) is 8.84. The molecule has 3 aromatic rings. The third-order valence-corrected chi connectivity index (χ3v) is 4.69. The van der Waals surface area contributed by atoms with Crippen LogP contribution in [0.1, 0.15) is 25.1 Å². The van der Waals surface area contributed by atoms with Crippen molar-refractivity contribution in [1.29, 1.82) is 0 Å². The van der Waals surface area contributed by atoms with Crippen molar-refractivity contribution in [2.75, 3.05) is 13.1 Å². The predicted molar refractivity (Wildman–Crippen MR) is 102 cm³/mol. The van der Waals surface area contributed by atoms with Crippen molar-refractivity contribution in [1.82, 2.24) is 4.98 Å². The lowest BCUT2D eigenvalue weighted by Crippen LogP contribution is -3.10. The molecule has 0 radical (unpaired) electrons. The van der Waals surface area contributed by atoms with Crippen molar-refractivity contribution < 1.29 is 9.64 Å². The monoisotopic (exact) mass is 337 g/mol. The maximum absolute atomic E-state index is 13.0. The van der Waals surface area contributed by atoms with Crippen LogP contribution >= 0.6 is 0 Å². The van der Waals surface area contributed by atoms with Gasteiger partial charge in [0.2, 0.25) is 0 Å². The lowest BCUT2D eigenvalue weighted by atomic mass is 10.1. The summed E-state index contributed by atoms with van der Waals surface area (Å²) in [6.45, 7) is 9.03. The number of para-hydroxylation sites is 1. The van der Waals surface area contributed by atoms with Gasteiger partial charge in [0, 0.05) is 16.6 Å². The third kappa shape index (κ3) is 3.74. The summed E-state index contributed by atoms with van der Waals surface area (Å²) >= 11 is 0. The number of nitrogens with one attached hydrogen (secondary N) is 2. The molecule has 2 aromatic carbocycles. The average molecular weight is 337 g/mol. The minimum atomic E-state index is 0.101. The van der Waals surface area contributed by atoms with Crippen LogP contribution in [0.5, 0.6) is 11.5 Å². The second-order valence-electron chi connectivity index (χ2n) is 6.31. The van der Waals surface area contributed by atoms with Crippen LogP contribution in [0.25, 0.3) is 10.9 Å². The van der Waals surface area contributed by atoms with E-state index in [9.17, 15) is 4.79 Å². The highest BCUT2D eigenvalue weighted by Crippen LogP contribution is 2.24.